The van der Waals surface area contributed by atoms with Gasteiger partial charge >= 0.3 is 0 Å². The van der Waals surface area contributed by atoms with Crippen molar-refractivity contribution in [3.63, 3.8) is 0 Å². The summed E-state index contributed by atoms with van der Waals surface area (Å²) in [6, 6.07) is 6.77. The molecule has 1 aromatic rings. The summed E-state index contributed by atoms with van der Waals surface area (Å²) >= 11 is 0. The van der Waals surface area contributed by atoms with Gasteiger partial charge < -0.3 is 0 Å². The molecule has 0 heterocycles. The summed E-state index contributed by atoms with van der Waals surface area (Å²) in [5, 5.41) is 0. The average molecular weight is 298 g/mol. The van der Waals surface area contributed by atoms with Crippen LogP contribution in [0.15, 0.2) is 29.2 Å². The molecule has 0 saturated heterocycles. The number of rotatable bonds is 9. The van der Waals surface area contributed by atoms with Crippen LogP contribution in [0.25, 0.3) is 0 Å². The van der Waals surface area contributed by atoms with Crippen LogP contribution in [0.2, 0.25) is 0 Å². The summed E-state index contributed by atoms with van der Waals surface area (Å²) in [6.45, 7) is 6.46. The van der Waals surface area contributed by atoms with E-state index in [0.717, 1.165) is 24.8 Å². The fourth-order valence-corrected chi connectivity index (χ4v) is 3.02. The van der Waals surface area contributed by atoms with Crippen LogP contribution in [0.1, 0.15) is 51.5 Å². The number of aryl methyl sites for hydroxylation is 1. The molecule has 0 aliphatic carbocycles. The third-order valence-corrected chi connectivity index (χ3v) is 4.86. The molecule has 0 saturated carbocycles. The SMILES string of the molecule is CCCCCC(CC)COS(=O)(=O)c1ccc(C)cc1. The van der Waals surface area contributed by atoms with Crippen molar-refractivity contribution in [2.45, 2.75) is 57.8 Å². The Morgan fingerprint density at radius 3 is 2.30 bits per heavy atom. The average Bonchev–Trinajstić information content (AvgIpc) is 2.43. The van der Waals surface area contributed by atoms with E-state index in [1.807, 2.05) is 6.92 Å². The monoisotopic (exact) mass is 298 g/mol. The molecule has 3 nitrogen and oxygen atoms in total. The number of hydrogen-bond acceptors (Lipinski definition) is 3. The molecule has 1 rings (SSSR count). The van der Waals surface area contributed by atoms with E-state index in [2.05, 4.69) is 13.8 Å². The molecule has 0 aliphatic heterocycles. The van der Waals surface area contributed by atoms with Crippen molar-refractivity contribution in [3.8, 4) is 0 Å². The van der Waals surface area contributed by atoms with Crippen LogP contribution < -0.4 is 0 Å². The highest BCUT2D eigenvalue weighted by molar-refractivity contribution is 7.86. The molecule has 0 bridgehead atoms. The molecule has 1 atom stereocenters. The van der Waals surface area contributed by atoms with Gasteiger partial charge in [-0.25, -0.2) is 0 Å². The molecule has 0 spiro atoms. The zero-order valence-corrected chi connectivity index (χ0v) is 13.6. The Morgan fingerprint density at radius 1 is 1.10 bits per heavy atom. The molecular weight excluding hydrogens is 272 g/mol. The predicted octanol–water partition coefficient (Wildman–Crippen LogP) is 4.31. The van der Waals surface area contributed by atoms with E-state index in [-0.39, 0.29) is 11.5 Å². The first-order valence-electron chi connectivity index (χ1n) is 7.45. The largest absolute Gasteiger partial charge is 0.296 e. The first kappa shape index (κ1) is 17.2. The van der Waals surface area contributed by atoms with Gasteiger partial charge in [-0.2, -0.15) is 8.42 Å². The third-order valence-electron chi connectivity index (χ3n) is 3.56. The van der Waals surface area contributed by atoms with Crippen LogP contribution in [0, 0.1) is 12.8 Å². The van der Waals surface area contributed by atoms with Gasteiger partial charge in [0.15, 0.2) is 0 Å². The summed E-state index contributed by atoms with van der Waals surface area (Å²) < 4.78 is 29.4. The molecule has 0 amide bonds. The molecule has 0 N–H and O–H groups in total. The smallest absolute Gasteiger partial charge is 0.266 e. The second-order valence-corrected chi connectivity index (χ2v) is 6.94. The van der Waals surface area contributed by atoms with E-state index in [1.54, 1.807) is 24.3 Å². The molecule has 4 heteroatoms. The minimum absolute atomic E-state index is 0.242. The van der Waals surface area contributed by atoms with Crippen molar-refractivity contribution < 1.29 is 12.6 Å². The lowest BCUT2D eigenvalue weighted by Crippen LogP contribution is -2.14. The van der Waals surface area contributed by atoms with Crippen LogP contribution in [-0.2, 0) is 14.3 Å². The normalized spacial score (nSPS) is 13.3. The van der Waals surface area contributed by atoms with Gasteiger partial charge in [0.05, 0.1) is 11.5 Å². The molecule has 0 aliphatic rings. The molecule has 1 aromatic carbocycles. The second-order valence-electron chi connectivity index (χ2n) is 5.32. The molecule has 0 radical (unpaired) electrons. The fourth-order valence-electron chi connectivity index (χ4n) is 2.05. The van der Waals surface area contributed by atoms with Crippen molar-refractivity contribution in [2.24, 2.45) is 5.92 Å². The van der Waals surface area contributed by atoms with Gasteiger partial charge in [0.25, 0.3) is 10.1 Å². The highest BCUT2D eigenvalue weighted by atomic mass is 32.2. The van der Waals surface area contributed by atoms with E-state index in [4.69, 9.17) is 4.18 Å². The van der Waals surface area contributed by atoms with E-state index < -0.39 is 10.1 Å². The number of hydrogen-bond donors (Lipinski definition) is 0. The van der Waals surface area contributed by atoms with Crippen LogP contribution in [0.3, 0.4) is 0 Å². The van der Waals surface area contributed by atoms with Gasteiger partial charge in [0, 0.05) is 0 Å². The Labute approximate surface area is 123 Å². The quantitative estimate of drug-likeness (QED) is 0.504. The van der Waals surface area contributed by atoms with E-state index in [0.29, 0.717) is 5.92 Å². The molecular formula is C16H26O3S. The van der Waals surface area contributed by atoms with Crippen molar-refractivity contribution in [2.75, 3.05) is 6.61 Å². The molecule has 0 aromatic heterocycles. The molecule has 0 fully saturated rings. The van der Waals surface area contributed by atoms with Crippen molar-refractivity contribution >= 4 is 10.1 Å². The van der Waals surface area contributed by atoms with Gasteiger partial charge in [-0.15, -0.1) is 0 Å². The van der Waals surface area contributed by atoms with Crippen molar-refractivity contribution in [1.29, 1.82) is 0 Å². The maximum absolute atomic E-state index is 12.1. The Hall–Kier alpha value is -0.870. The number of unbranched alkanes of at least 4 members (excludes halogenated alkanes) is 2. The van der Waals surface area contributed by atoms with Gasteiger partial charge in [-0.05, 0) is 31.4 Å². The van der Waals surface area contributed by atoms with Crippen LogP contribution in [0.4, 0.5) is 0 Å². The zero-order chi connectivity index (χ0) is 15.0. The molecule has 1 unspecified atom stereocenters. The van der Waals surface area contributed by atoms with E-state index in [1.165, 1.54) is 12.8 Å². The van der Waals surface area contributed by atoms with Gasteiger partial charge in [-0.1, -0.05) is 57.2 Å². The first-order valence-corrected chi connectivity index (χ1v) is 8.86. The summed E-state index contributed by atoms with van der Waals surface area (Å²) in [6.07, 6.45) is 5.50. The zero-order valence-electron chi connectivity index (χ0n) is 12.8. The van der Waals surface area contributed by atoms with Gasteiger partial charge in [0.2, 0.25) is 0 Å². The maximum atomic E-state index is 12.1. The Kier molecular flexibility index (Phi) is 7.24. The Balaban J connectivity index is 2.55. The van der Waals surface area contributed by atoms with E-state index in [9.17, 15) is 8.42 Å². The predicted molar refractivity (Wildman–Crippen MR) is 82.2 cm³/mol. The highest BCUT2D eigenvalue weighted by Gasteiger charge is 2.17. The Bertz CT molecular complexity index is 477. The van der Waals surface area contributed by atoms with E-state index >= 15 is 0 Å². The lowest BCUT2D eigenvalue weighted by Gasteiger charge is -2.14. The van der Waals surface area contributed by atoms with Gasteiger partial charge in [0.1, 0.15) is 0 Å². The second kappa shape index (κ2) is 8.42. The molecule has 20 heavy (non-hydrogen) atoms. The maximum Gasteiger partial charge on any atom is 0.296 e. The lowest BCUT2D eigenvalue weighted by atomic mass is 10.00. The summed E-state index contributed by atoms with van der Waals surface area (Å²) in [5.74, 6) is 0.321. The third kappa shape index (κ3) is 5.63. The van der Waals surface area contributed by atoms with Crippen molar-refractivity contribution in [1.82, 2.24) is 0 Å². The highest BCUT2D eigenvalue weighted by Crippen LogP contribution is 2.18. The van der Waals surface area contributed by atoms with Crippen LogP contribution in [-0.4, -0.2) is 15.0 Å². The van der Waals surface area contributed by atoms with Crippen LogP contribution in [0.5, 0.6) is 0 Å². The summed E-state index contributed by atoms with van der Waals surface area (Å²) in [7, 11) is -3.61. The topological polar surface area (TPSA) is 43.4 Å². The van der Waals surface area contributed by atoms with Crippen LogP contribution >= 0.6 is 0 Å². The van der Waals surface area contributed by atoms with Crippen molar-refractivity contribution in [3.05, 3.63) is 29.8 Å². The fraction of sp³-hybridized carbons (Fsp3) is 0.625. The minimum atomic E-state index is -3.61. The Morgan fingerprint density at radius 2 is 1.75 bits per heavy atom. The first-order chi connectivity index (χ1) is 9.49. The number of benzene rings is 1. The molecule has 114 valence electrons. The summed E-state index contributed by atoms with van der Waals surface area (Å²) in [5.41, 5.74) is 1.04. The standard InChI is InChI=1S/C16H26O3S/c1-4-6-7-8-15(5-2)13-19-20(17,18)16-11-9-14(3)10-12-16/h9-12,15H,4-8,13H2,1-3H3. The minimum Gasteiger partial charge on any atom is -0.266 e. The lowest BCUT2D eigenvalue weighted by molar-refractivity contribution is 0.238. The summed E-state index contributed by atoms with van der Waals surface area (Å²) in [4.78, 5) is 0.242. The van der Waals surface area contributed by atoms with Gasteiger partial charge in [-0.3, -0.25) is 4.18 Å².